The standard InChI is InChI=1S/C110H74N4/c1-5-30-78(31-6-1)93-42-17-21-46-101(93)113(109-73-88(59-66-96(109)81-36-11-4-12-37-81)86-55-53-76-29-14-16-39-83(76)69-86)105-50-25-26-51-106(105)114-104-49-24-20-45-99(104)100-67-61-90(74-110(100)114)89-60-65-95(80-34-9-3-10-35-80)108(72-89)111(107-71-87(58-64-94(107)79-32-7-2-8-33-79)85-54-52-75-28-13-15-38-82(75)68-85)91-62-56-77(57-63-91)84-40-27-41-92(70-84)112-102-47-22-18-43-97(102)98-44-19-23-48-103(98)112/h1-74H. The zero-order valence-corrected chi connectivity index (χ0v) is 62.5. The summed E-state index contributed by atoms with van der Waals surface area (Å²) in [5.74, 6) is 0. The van der Waals surface area contributed by atoms with Gasteiger partial charge in [-0.2, -0.15) is 0 Å². The van der Waals surface area contributed by atoms with E-state index in [0.29, 0.717) is 0 Å². The normalized spacial score (nSPS) is 11.5. The van der Waals surface area contributed by atoms with Gasteiger partial charge in [0.2, 0.25) is 0 Å². The molecule has 0 amide bonds. The van der Waals surface area contributed by atoms with Gasteiger partial charge in [-0.1, -0.05) is 352 Å². The third kappa shape index (κ3) is 12.1. The van der Waals surface area contributed by atoms with Gasteiger partial charge in [0.15, 0.2) is 0 Å². The van der Waals surface area contributed by atoms with Crippen molar-refractivity contribution in [2.45, 2.75) is 0 Å². The summed E-state index contributed by atoms with van der Waals surface area (Å²) in [6.07, 6.45) is 0. The van der Waals surface area contributed by atoms with E-state index < -0.39 is 0 Å². The fraction of sp³-hybridized carbons (Fsp3) is 0. The third-order valence-electron chi connectivity index (χ3n) is 22.9. The molecule has 534 valence electrons. The number of fused-ring (bicyclic) bond motifs is 8. The van der Waals surface area contributed by atoms with E-state index in [9.17, 15) is 0 Å². The monoisotopic (exact) mass is 1450 g/mol. The predicted molar refractivity (Wildman–Crippen MR) is 483 cm³/mol. The molecule has 21 rings (SSSR count). The Morgan fingerprint density at radius 2 is 0.500 bits per heavy atom. The van der Waals surface area contributed by atoms with Crippen LogP contribution in [0.15, 0.2) is 449 Å². The molecule has 2 heterocycles. The SMILES string of the molecule is c1ccc(-c2ccc(-c3ccc4ccccc4c3)cc2N(c2ccc(-c3cccc(-n4c5ccccc5c5ccccc54)c3)cc2)c2cc(-c3ccc4c5ccccc5n(-c5ccccc5N(c5ccccc5-c5ccccc5)c5cc(-c6ccc7ccccc7c6)ccc5-c5ccccc5)c4c3)ccc2-c2ccccc2)cc1. The highest BCUT2D eigenvalue weighted by atomic mass is 15.2. The van der Waals surface area contributed by atoms with E-state index in [1.165, 1.54) is 48.7 Å². The summed E-state index contributed by atoms with van der Waals surface area (Å²) in [5, 5.41) is 9.62. The van der Waals surface area contributed by atoms with E-state index in [0.717, 1.165) is 151 Å². The number of hydrogen-bond donors (Lipinski definition) is 0. The lowest BCUT2D eigenvalue weighted by atomic mass is 9.93. The van der Waals surface area contributed by atoms with Crippen molar-refractivity contribution in [1.29, 1.82) is 0 Å². The van der Waals surface area contributed by atoms with Crippen molar-refractivity contribution in [1.82, 2.24) is 9.13 Å². The minimum atomic E-state index is 1.02. The van der Waals surface area contributed by atoms with Gasteiger partial charge in [-0.15, -0.1) is 0 Å². The smallest absolute Gasteiger partial charge is 0.0702 e. The average Bonchev–Trinajstić information content (AvgIpc) is 1.48. The van der Waals surface area contributed by atoms with Crippen molar-refractivity contribution in [3.05, 3.63) is 449 Å². The quantitative estimate of drug-likeness (QED) is 0.0959. The fourth-order valence-electron chi connectivity index (χ4n) is 17.4. The molecule has 0 saturated heterocycles. The van der Waals surface area contributed by atoms with Crippen LogP contribution >= 0.6 is 0 Å². The molecule has 21 aromatic rings. The summed E-state index contributed by atoms with van der Waals surface area (Å²) >= 11 is 0. The molecule has 0 saturated carbocycles. The number of para-hydroxylation sites is 6. The summed E-state index contributed by atoms with van der Waals surface area (Å²) in [7, 11) is 0. The molecule has 4 heteroatoms. The van der Waals surface area contributed by atoms with Crippen LogP contribution in [0.2, 0.25) is 0 Å². The minimum Gasteiger partial charge on any atom is -0.309 e. The van der Waals surface area contributed by atoms with Crippen LogP contribution in [0.3, 0.4) is 0 Å². The van der Waals surface area contributed by atoms with Crippen molar-refractivity contribution in [3.63, 3.8) is 0 Å². The van der Waals surface area contributed by atoms with Crippen LogP contribution in [-0.4, -0.2) is 9.13 Å². The topological polar surface area (TPSA) is 16.3 Å². The molecule has 114 heavy (non-hydrogen) atoms. The van der Waals surface area contributed by atoms with Crippen LogP contribution in [0.4, 0.5) is 34.1 Å². The van der Waals surface area contributed by atoms with Crippen molar-refractivity contribution >= 4 is 99.3 Å². The fourth-order valence-corrected chi connectivity index (χ4v) is 17.4. The predicted octanol–water partition coefficient (Wildman–Crippen LogP) is 30.5. The van der Waals surface area contributed by atoms with Crippen LogP contribution < -0.4 is 9.80 Å². The molecule has 0 fully saturated rings. The van der Waals surface area contributed by atoms with Crippen molar-refractivity contribution in [2.24, 2.45) is 0 Å². The molecule has 2 aromatic heterocycles. The lowest BCUT2D eigenvalue weighted by Crippen LogP contribution is -2.15. The molecule has 0 aliphatic carbocycles. The van der Waals surface area contributed by atoms with Crippen LogP contribution in [0.5, 0.6) is 0 Å². The maximum Gasteiger partial charge on any atom is 0.0702 e. The first-order valence-electron chi connectivity index (χ1n) is 39.2. The van der Waals surface area contributed by atoms with Crippen molar-refractivity contribution in [2.75, 3.05) is 9.80 Å². The lowest BCUT2D eigenvalue weighted by Gasteiger charge is -2.32. The molecule has 0 unspecified atom stereocenters. The van der Waals surface area contributed by atoms with Crippen LogP contribution in [-0.2, 0) is 0 Å². The minimum absolute atomic E-state index is 1.02. The van der Waals surface area contributed by atoms with Gasteiger partial charge >= 0.3 is 0 Å². The molecule has 0 aliphatic rings. The molecule has 4 nitrogen and oxygen atoms in total. The second kappa shape index (κ2) is 28.7. The van der Waals surface area contributed by atoms with E-state index in [1.807, 2.05) is 0 Å². The van der Waals surface area contributed by atoms with Gasteiger partial charge in [0.1, 0.15) is 0 Å². The van der Waals surface area contributed by atoms with Gasteiger partial charge < -0.3 is 18.9 Å². The van der Waals surface area contributed by atoms with E-state index in [4.69, 9.17) is 0 Å². The third-order valence-corrected chi connectivity index (χ3v) is 22.9. The average molecular weight is 1450 g/mol. The highest BCUT2D eigenvalue weighted by Crippen LogP contribution is 2.52. The Bertz CT molecular complexity index is 7170. The Hall–Kier alpha value is -15.1. The van der Waals surface area contributed by atoms with E-state index in [-0.39, 0.29) is 0 Å². The maximum atomic E-state index is 2.54. The Morgan fingerprint density at radius 3 is 1.01 bits per heavy atom. The zero-order valence-electron chi connectivity index (χ0n) is 62.5. The van der Waals surface area contributed by atoms with E-state index in [1.54, 1.807) is 0 Å². The second-order valence-corrected chi connectivity index (χ2v) is 29.5. The van der Waals surface area contributed by atoms with Crippen LogP contribution in [0, 0.1) is 0 Å². The van der Waals surface area contributed by atoms with Crippen LogP contribution in [0.1, 0.15) is 0 Å². The lowest BCUT2D eigenvalue weighted by molar-refractivity contribution is 1.15. The van der Waals surface area contributed by atoms with Gasteiger partial charge in [0.05, 0.1) is 56.2 Å². The Morgan fingerprint density at radius 1 is 0.158 bits per heavy atom. The highest BCUT2D eigenvalue weighted by molar-refractivity contribution is 6.13. The number of hydrogen-bond acceptors (Lipinski definition) is 2. The molecule has 0 N–H and O–H groups in total. The summed E-state index contributed by atoms with van der Waals surface area (Å²) in [4.78, 5) is 5.07. The number of anilines is 6. The van der Waals surface area contributed by atoms with Gasteiger partial charge in [-0.3, -0.25) is 0 Å². The Balaban J connectivity index is 0.776. The first kappa shape index (κ1) is 67.0. The van der Waals surface area contributed by atoms with Crippen molar-refractivity contribution in [3.8, 4) is 100 Å². The van der Waals surface area contributed by atoms with E-state index >= 15 is 0 Å². The highest BCUT2D eigenvalue weighted by Gasteiger charge is 2.28. The van der Waals surface area contributed by atoms with Gasteiger partial charge in [-0.05, 0) is 185 Å². The zero-order chi connectivity index (χ0) is 75.4. The molecular formula is C110H74N4. The molecule has 0 spiro atoms. The second-order valence-electron chi connectivity index (χ2n) is 29.5. The molecule has 0 aliphatic heterocycles. The van der Waals surface area contributed by atoms with Gasteiger partial charge in [0, 0.05) is 55.2 Å². The molecular weight excluding hydrogens is 1380 g/mol. The molecule has 19 aromatic carbocycles. The first-order chi connectivity index (χ1) is 56.5. The molecule has 0 radical (unpaired) electrons. The molecule has 0 bridgehead atoms. The number of rotatable bonds is 16. The summed E-state index contributed by atoms with van der Waals surface area (Å²) in [5.41, 5.74) is 30.8. The molecule has 0 atom stereocenters. The largest absolute Gasteiger partial charge is 0.309 e. The maximum absolute atomic E-state index is 2.54. The van der Waals surface area contributed by atoms with Crippen LogP contribution in [0.25, 0.3) is 166 Å². The summed E-state index contributed by atoms with van der Waals surface area (Å²) in [6, 6.07) is 166. The van der Waals surface area contributed by atoms with E-state index in [2.05, 4.69) is 468 Å². The first-order valence-corrected chi connectivity index (χ1v) is 39.2. The van der Waals surface area contributed by atoms with Gasteiger partial charge in [0.25, 0.3) is 0 Å². The van der Waals surface area contributed by atoms with Crippen molar-refractivity contribution < 1.29 is 0 Å². The van der Waals surface area contributed by atoms with Gasteiger partial charge in [-0.25, -0.2) is 0 Å². The number of aromatic nitrogens is 2. The Kier molecular flexibility index (Phi) is 16.9. The Labute approximate surface area is 663 Å². The number of nitrogens with zero attached hydrogens (tertiary/aromatic N) is 4. The number of benzene rings is 19. The summed E-state index contributed by atoms with van der Waals surface area (Å²) in [6.45, 7) is 0. The summed E-state index contributed by atoms with van der Waals surface area (Å²) < 4.78 is 4.93.